The molecule has 32 heavy (non-hydrogen) atoms. The molecule has 2 aromatic carbocycles. The van der Waals surface area contributed by atoms with Gasteiger partial charge in [0.15, 0.2) is 11.5 Å². The van der Waals surface area contributed by atoms with Crippen LogP contribution in [0.5, 0.6) is 11.5 Å². The molecular formula is C24H28Cl2N2O4. The number of nitrogens with zero attached hydrogens (tertiary/aromatic N) is 1. The minimum Gasteiger partial charge on any atom is -0.454 e. The molecule has 0 fully saturated rings. The van der Waals surface area contributed by atoms with Crippen LogP contribution in [0.1, 0.15) is 44.2 Å². The lowest BCUT2D eigenvalue weighted by molar-refractivity contribution is -0.141. The van der Waals surface area contributed by atoms with E-state index in [1.165, 1.54) is 0 Å². The van der Waals surface area contributed by atoms with Crippen LogP contribution in [-0.2, 0) is 22.6 Å². The number of carbonyl (C=O) groups is 2. The van der Waals surface area contributed by atoms with Gasteiger partial charge in [0.05, 0.1) is 0 Å². The van der Waals surface area contributed by atoms with Crippen molar-refractivity contribution >= 4 is 35.0 Å². The second kappa shape index (κ2) is 11.4. The Labute approximate surface area is 198 Å². The lowest BCUT2D eigenvalue weighted by Crippen LogP contribution is -2.49. The fourth-order valence-electron chi connectivity index (χ4n) is 3.61. The highest BCUT2D eigenvalue weighted by molar-refractivity contribution is 6.35. The van der Waals surface area contributed by atoms with Crippen LogP contribution in [-0.4, -0.2) is 36.1 Å². The number of benzene rings is 2. The van der Waals surface area contributed by atoms with Crippen molar-refractivity contribution in [3.63, 3.8) is 0 Å². The summed E-state index contributed by atoms with van der Waals surface area (Å²) in [7, 11) is 0. The van der Waals surface area contributed by atoms with Gasteiger partial charge in [0, 0.05) is 29.6 Å². The highest BCUT2D eigenvalue weighted by Gasteiger charge is 2.29. The molecule has 0 radical (unpaired) electrons. The molecule has 0 aromatic heterocycles. The van der Waals surface area contributed by atoms with E-state index in [1.807, 2.05) is 32.0 Å². The Balaban J connectivity index is 1.77. The molecule has 1 aliphatic rings. The Hall–Kier alpha value is -2.44. The van der Waals surface area contributed by atoms with E-state index in [4.69, 9.17) is 32.7 Å². The Morgan fingerprint density at radius 1 is 1.09 bits per heavy atom. The first-order valence-electron chi connectivity index (χ1n) is 10.8. The molecule has 1 heterocycles. The quantitative estimate of drug-likeness (QED) is 0.522. The normalized spacial score (nSPS) is 13.0. The molecule has 6 nitrogen and oxygen atoms in total. The monoisotopic (exact) mass is 478 g/mol. The molecule has 0 unspecified atom stereocenters. The molecule has 2 amide bonds. The van der Waals surface area contributed by atoms with Gasteiger partial charge in [0.25, 0.3) is 0 Å². The van der Waals surface area contributed by atoms with Gasteiger partial charge in [-0.25, -0.2) is 0 Å². The summed E-state index contributed by atoms with van der Waals surface area (Å²) in [6.45, 7) is 4.89. The fraction of sp³-hybridized carbons (Fsp3) is 0.417. The van der Waals surface area contributed by atoms with Gasteiger partial charge in [-0.1, -0.05) is 49.2 Å². The Kier molecular flexibility index (Phi) is 8.65. The van der Waals surface area contributed by atoms with Crippen molar-refractivity contribution in [3.8, 4) is 11.5 Å². The number of hydrogen-bond donors (Lipinski definition) is 1. The summed E-state index contributed by atoms with van der Waals surface area (Å²) in [5.74, 6) is 1.12. The van der Waals surface area contributed by atoms with Crippen molar-refractivity contribution in [1.82, 2.24) is 10.2 Å². The number of carbonyl (C=O) groups excluding carboxylic acids is 2. The lowest BCUT2D eigenvalue weighted by Gasteiger charge is -2.31. The molecule has 3 rings (SSSR count). The van der Waals surface area contributed by atoms with Gasteiger partial charge in [0.1, 0.15) is 6.04 Å². The van der Waals surface area contributed by atoms with Crippen LogP contribution in [0.15, 0.2) is 36.4 Å². The Morgan fingerprint density at radius 3 is 2.59 bits per heavy atom. The average molecular weight is 479 g/mol. The van der Waals surface area contributed by atoms with E-state index in [2.05, 4.69) is 5.32 Å². The van der Waals surface area contributed by atoms with Crippen molar-refractivity contribution < 1.29 is 19.1 Å². The van der Waals surface area contributed by atoms with Crippen molar-refractivity contribution in [3.05, 3.63) is 57.6 Å². The molecule has 1 atom stereocenters. The summed E-state index contributed by atoms with van der Waals surface area (Å²) in [6.07, 6.45) is 2.09. The van der Waals surface area contributed by atoms with E-state index in [9.17, 15) is 9.59 Å². The van der Waals surface area contributed by atoms with Crippen molar-refractivity contribution in [1.29, 1.82) is 0 Å². The van der Waals surface area contributed by atoms with Crippen LogP contribution in [0.3, 0.4) is 0 Å². The standard InChI is InChI=1S/C24H28Cl2N2O4/c1-3-11-27-24(30)20(4-2)28(14-17-7-8-18(25)13-19(17)26)23(29)10-6-16-5-9-21-22(12-16)32-15-31-21/h5,7-9,12-13,20H,3-4,6,10-11,14-15H2,1-2H3,(H,27,30)/t20-/m0/s1. The van der Waals surface area contributed by atoms with E-state index in [0.29, 0.717) is 40.9 Å². The Bertz CT molecular complexity index is 967. The summed E-state index contributed by atoms with van der Waals surface area (Å²) in [5, 5.41) is 3.90. The van der Waals surface area contributed by atoms with Gasteiger partial charge in [-0.2, -0.15) is 0 Å². The number of aryl methyl sites for hydroxylation is 1. The van der Waals surface area contributed by atoms with Crippen LogP contribution in [0.25, 0.3) is 0 Å². The summed E-state index contributed by atoms with van der Waals surface area (Å²) in [5.41, 5.74) is 1.71. The number of fused-ring (bicyclic) bond motifs is 1. The maximum absolute atomic E-state index is 13.3. The molecule has 0 aliphatic carbocycles. The van der Waals surface area contributed by atoms with Crippen LogP contribution in [0, 0.1) is 0 Å². The smallest absolute Gasteiger partial charge is 0.242 e. The average Bonchev–Trinajstić information content (AvgIpc) is 3.25. The van der Waals surface area contributed by atoms with Crippen molar-refractivity contribution in [2.45, 2.75) is 52.1 Å². The molecule has 1 aliphatic heterocycles. The summed E-state index contributed by atoms with van der Waals surface area (Å²) in [4.78, 5) is 27.8. The second-order valence-electron chi connectivity index (χ2n) is 7.66. The first-order chi connectivity index (χ1) is 15.4. The topological polar surface area (TPSA) is 67.9 Å². The van der Waals surface area contributed by atoms with Gasteiger partial charge in [-0.3, -0.25) is 9.59 Å². The van der Waals surface area contributed by atoms with Crippen LogP contribution in [0.2, 0.25) is 10.0 Å². The van der Waals surface area contributed by atoms with E-state index in [1.54, 1.807) is 23.1 Å². The third-order valence-electron chi connectivity index (χ3n) is 5.36. The lowest BCUT2D eigenvalue weighted by atomic mass is 10.1. The summed E-state index contributed by atoms with van der Waals surface area (Å²) >= 11 is 12.4. The van der Waals surface area contributed by atoms with Gasteiger partial charge in [0.2, 0.25) is 18.6 Å². The zero-order chi connectivity index (χ0) is 23.1. The summed E-state index contributed by atoms with van der Waals surface area (Å²) in [6, 6.07) is 10.2. The number of nitrogens with one attached hydrogen (secondary N) is 1. The van der Waals surface area contributed by atoms with E-state index in [0.717, 1.165) is 17.5 Å². The molecule has 0 saturated heterocycles. The molecule has 2 aromatic rings. The molecule has 0 bridgehead atoms. The highest BCUT2D eigenvalue weighted by atomic mass is 35.5. The van der Waals surface area contributed by atoms with Gasteiger partial charge < -0.3 is 19.7 Å². The largest absolute Gasteiger partial charge is 0.454 e. The molecular weight excluding hydrogens is 451 g/mol. The second-order valence-corrected chi connectivity index (χ2v) is 8.50. The van der Waals surface area contributed by atoms with E-state index >= 15 is 0 Å². The van der Waals surface area contributed by atoms with E-state index < -0.39 is 6.04 Å². The van der Waals surface area contributed by atoms with Crippen molar-refractivity contribution in [2.24, 2.45) is 0 Å². The van der Waals surface area contributed by atoms with Crippen LogP contribution < -0.4 is 14.8 Å². The van der Waals surface area contributed by atoms with Gasteiger partial charge >= 0.3 is 0 Å². The van der Waals surface area contributed by atoms with Gasteiger partial charge in [-0.15, -0.1) is 0 Å². The summed E-state index contributed by atoms with van der Waals surface area (Å²) < 4.78 is 10.8. The van der Waals surface area contributed by atoms with Crippen LogP contribution in [0.4, 0.5) is 0 Å². The van der Waals surface area contributed by atoms with Crippen molar-refractivity contribution in [2.75, 3.05) is 13.3 Å². The molecule has 0 spiro atoms. The maximum atomic E-state index is 13.3. The highest BCUT2D eigenvalue weighted by Crippen LogP contribution is 2.33. The first-order valence-corrected chi connectivity index (χ1v) is 11.6. The third kappa shape index (κ3) is 6.08. The minimum atomic E-state index is -0.586. The first kappa shape index (κ1) is 24.2. The van der Waals surface area contributed by atoms with Gasteiger partial charge in [-0.05, 0) is 54.7 Å². The predicted molar refractivity (Wildman–Crippen MR) is 125 cm³/mol. The molecule has 0 saturated carbocycles. The zero-order valence-corrected chi connectivity index (χ0v) is 19.8. The number of amides is 2. The fourth-order valence-corrected chi connectivity index (χ4v) is 4.08. The molecule has 172 valence electrons. The predicted octanol–water partition coefficient (Wildman–Crippen LogP) is 4.99. The minimum absolute atomic E-state index is 0.118. The number of hydrogen-bond acceptors (Lipinski definition) is 4. The van der Waals surface area contributed by atoms with Crippen LogP contribution >= 0.6 is 23.2 Å². The van der Waals surface area contributed by atoms with E-state index in [-0.39, 0.29) is 31.6 Å². The zero-order valence-electron chi connectivity index (χ0n) is 18.3. The molecule has 8 heteroatoms. The SMILES string of the molecule is CCCNC(=O)[C@H](CC)N(Cc1ccc(Cl)cc1Cl)C(=O)CCc1ccc2c(c1)OCO2. The number of rotatable bonds is 10. The maximum Gasteiger partial charge on any atom is 0.242 e. The number of halogens is 2. The molecule has 1 N–H and O–H groups in total. The third-order valence-corrected chi connectivity index (χ3v) is 5.94. The Morgan fingerprint density at radius 2 is 1.88 bits per heavy atom. The number of ether oxygens (including phenoxy) is 2.